The molecule has 0 aromatic carbocycles. The molecule has 1 aliphatic heterocycles. The number of hydrogen-bond acceptors (Lipinski definition) is 4. The SMILES string of the molecule is O=C(NC1CCC1)C1CCN(c2ncccn2)C1. The summed E-state index contributed by atoms with van der Waals surface area (Å²) in [7, 11) is 0. The molecule has 1 aliphatic carbocycles. The number of nitrogens with one attached hydrogen (secondary N) is 1. The number of hydrogen-bond donors (Lipinski definition) is 1. The highest BCUT2D eigenvalue weighted by Gasteiger charge is 2.31. The maximum atomic E-state index is 12.0. The zero-order chi connectivity index (χ0) is 12.4. The van der Waals surface area contributed by atoms with Gasteiger partial charge in [0, 0.05) is 31.5 Å². The summed E-state index contributed by atoms with van der Waals surface area (Å²) in [6.07, 6.45) is 7.92. The van der Waals surface area contributed by atoms with Crippen LogP contribution in [0, 0.1) is 5.92 Å². The van der Waals surface area contributed by atoms with E-state index in [0.29, 0.717) is 6.04 Å². The minimum atomic E-state index is 0.0920. The molecular weight excluding hydrogens is 228 g/mol. The van der Waals surface area contributed by atoms with Crippen LogP contribution in [0.4, 0.5) is 5.95 Å². The van der Waals surface area contributed by atoms with E-state index in [2.05, 4.69) is 20.2 Å². The van der Waals surface area contributed by atoms with Crippen LogP contribution in [0.15, 0.2) is 18.5 Å². The lowest BCUT2D eigenvalue weighted by Crippen LogP contribution is -2.43. The monoisotopic (exact) mass is 246 g/mol. The first-order chi connectivity index (χ1) is 8.83. The van der Waals surface area contributed by atoms with Gasteiger partial charge in [0.1, 0.15) is 0 Å². The summed E-state index contributed by atoms with van der Waals surface area (Å²) in [5, 5.41) is 3.12. The van der Waals surface area contributed by atoms with Crippen molar-refractivity contribution in [1.29, 1.82) is 0 Å². The largest absolute Gasteiger partial charge is 0.353 e. The molecule has 1 saturated carbocycles. The van der Waals surface area contributed by atoms with E-state index in [0.717, 1.165) is 38.3 Å². The number of aromatic nitrogens is 2. The molecule has 1 unspecified atom stereocenters. The first-order valence-corrected chi connectivity index (χ1v) is 6.65. The Labute approximate surface area is 107 Å². The van der Waals surface area contributed by atoms with E-state index in [-0.39, 0.29) is 11.8 Å². The summed E-state index contributed by atoms with van der Waals surface area (Å²) in [5.74, 6) is 1.03. The number of anilines is 1. The van der Waals surface area contributed by atoms with Crippen LogP contribution in [0.25, 0.3) is 0 Å². The predicted molar refractivity (Wildman–Crippen MR) is 68.1 cm³/mol. The standard InChI is InChI=1S/C13H18N4O/c18-12(16-11-3-1-4-11)10-5-8-17(9-10)13-14-6-2-7-15-13/h2,6-7,10-11H,1,3-5,8-9H2,(H,16,18). The minimum absolute atomic E-state index is 0.0920. The minimum Gasteiger partial charge on any atom is -0.353 e. The third kappa shape index (κ3) is 2.30. The lowest BCUT2D eigenvalue weighted by molar-refractivity contribution is -0.125. The van der Waals surface area contributed by atoms with Crippen LogP contribution in [0.3, 0.4) is 0 Å². The van der Waals surface area contributed by atoms with Crippen molar-refractivity contribution in [2.45, 2.75) is 31.7 Å². The molecule has 1 N–H and O–H groups in total. The first kappa shape index (κ1) is 11.4. The lowest BCUT2D eigenvalue weighted by atomic mass is 9.92. The van der Waals surface area contributed by atoms with Crippen molar-refractivity contribution in [3.05, 3.63) is 18.5 Å². The van der Waals surface area contributed by atoms with Crippen LogP contribution in [0.5, 0.6) is 0 Å². The van der Waals surface area contributed by atoms with E-state index in [1.165, 1.54) is 6.42 Å². The summed E-state index contributed by atoms with van der Waals surface area (Å²) in [6, 6.07) is 2.24. The smallest absolute Gasteiger partial charge is 0.225 e. The van der Waals surface area contributed by atoms with Crippen molar-refractivity contribution >= 4 is 11.9 Å². The van der Waals surface area contributed by atoms with Gasteiger partial charge in [-0.3, -0.25) is 4.79 Å². The molecule has 3 rings (SSSR count). The van der Waals surface area contributed by atoms with E-state index in [4.69, 9.17) is 0 Å². The molecule has 2 aliphatic rings. The molecule has 0 spiro atoms. The molecule has 1 saturated heterocycles. The summed E-state index contributed by atoms with van der Waals surface area (Å²) in [4.78, 5) is 22.6. The predicted octanol–water partition coefficient (Wildman–Crippen LogP) is 0.972. The van der Waals surface area contributed by atoms with Crippen LogP contribution in [-0.4, -0.2) is 35.0 Å². The van der Waals surface area contributed by atoms with Crippen molar-refractivity contribution in [3.63, 3.8) is 0 Å². The molecule has 0 bridgehead atoms. The molecule has 5 nitrogen and oxygen atoms in total. The molecule has 5 heteroatoms. The second-order valence-corrected chi connectivity index (χ2v) is 5.12. The Bertz CT molecular complexity index is 418. The van der Waals surface area contributed by atoms with E-state index in [1.807, 2.05) is 0 Å². The van der Waals surface area contributed by atoms with Gasteiger partial charge in [-0.15, -0.1) is 0 Å². The van der Waals surface area contributed by atoms with Crippen LogP contribution >= 0.6 is 0 Å². The van der Waals surface area contributed by atoms with E-state index >= 15 is 0 Å². The molecule has 18 heavy (non-hydrogen) atoms. The van der Waals surface area contributed by atoms with E-state index in [1.54, 1.807) is 18.5 Å². The van der Waals surface area contributed by atoms with Crippen LogP contribution in [-0.2, 0) is 4.79 Å². The zero-order valence-electron chi connectivity index (χ0n) is 10.4. The van der Waals surface area contributed by atoms with Crippen molar-refractivity contribution in [3.8, 4) is 0 Å². The Morgan fingerprint density at radius 1 is 1.28 bits per heavy atom. The van der Waals surface area contributed by atoms with Gasteiger partial charge in [-0.05, 0) is 31.7 Å². The van der Waals surface area contributed by atoms with Gasteiger partial charge in [-0.25, -0.2) is 9.97 Å². The highest BCUT2D eigenvalue weighted by Crippen LogP contribution is 2.23. The van der Waals surface area contributed by atoms with Gasteiger partial charge in [-0.2, -0.15) is 0 Å². The molecular formula is C13H18N4O. The summed E-state index contributed by atoms with van der Waals surface area (Å²) in [5.41, 5.74) is 0. The fourth-order valence-electron chi connectivity index (χ4n) is 2.48. The fourth-order valence-corrected chi connectivity index (χ4v) is 2.48. The van der Waals surface area contributed by atoms with Gasteiger partial charge < -0.3 is 10.2 Å². The molecule has 1 aromatic rings. The van der Waals surface area contributed by atoms with Crippen LogP contribution < -0.4 is 10.2 Å². The van der Waals surface area contributed by atoms with E-state index in [9.17, 15) is 4.79 Å². The van der Waals surface area contributed by atoms with Crippen LogP contribution in [0.2, 0.25) is 0 Å². The maximum Gasteiger partial charge on any atom is 0.225 e. The molecule has 96 valence electrons. The molecule has 1 atom stereocenters. The Balaban J connectivity index is 1.56. The molecule has 1 amide bonds. The highest BCUT2D eigenvalue weighted by molar-refractivity contribution is 5.80. The zero-order valence-corrected chi connectivity index (χ0v) is 10.4. The van der Waals surface area contributed by atoms with Crippen molar-refractivity contribution in [1.82, 2.24) is 15.3 Å². The second-order valence-electron chi connectivity index (χ2n) is 5.12. The Hall–Kier alpha value is -1.65. The lowest BCUT2D eigenvalue weighted by Gasteiger charge is -2.27. The third-order valence-corrected chi connectivity index (χ3v) is 3.85. The van der Waals surface area contributed by atoms with E-state index < -0.39 is 0 Å². The normalized spacial score (nSPS) is 23.8. The van der Waals surface area contributed by atoms with Crippen molar-refractivity contribution in [2.75, 3.05) is 18.0 Å². The molecule has 2 fully saturated rings. The number of amides is 1. The van der Waals surface area contributed by atoms with Gasteiger partial charge in [0.2, 0.25) is 11.9 Å². The topological polar surface area (TPSA) is 58.1 Å². The van der Waals surface area contributed by atoms with Gasteiger partial charge in [-0.1, -0.05) is 0 Å². The maximum absolute atomic E-state index is 12.0. The fraction of sp³-hybridized carbons (Fsp3) is 0.615. The third-order valence-electron chi connectivity index (χ3n) is 3.85. The van der Waals surface area contributed by atoms with Gasteiger partial charge >= 0.3 is 0 Å². The molecule has 2 heterocycles. The highest BCUT2D eigenvalue weighted by atomic mass is 16.2. The number of carbonyl (C=O) groups excluding carboxylic acids is 1. The average Bonchev–Trinajstić information content (AvgIpc) is 2.84. The Morgan fingerprint density at radius 3 is 2.72 bits per heavy atom. The number of rotatable bonds is 3. The number of nitrogens with zero attached hydrogens (tertiary/aromatic N) is 3. The molecule has 1 aromatic heterocycles. The second kappa shape index (κ2) is 4.92. The van der Waals surface area contributed by atoms with Gasteiger partial charge in [0.25, 0.3) is 0 Å². The summed E-state index contributed by atoms with van der Waals surface area (Å²) in [6.45, 7) is 1.61. The molecule has 0 radical (unpaired) electrons. The Kier molecular flexibility index (Phi) is 3.13. The quantitative estimate of drug-likeness (QED) is 0.863. The average molecular weight is 246 g/mol. The van der Waals surface area contributed by atoms with Crippen LogP contribution in [0.1, 0.15) is 25.7 Å². The first-order valence-electron chi connectivity index (χ1n) is 6.65. The summed E-state index contributed by atoms with van der Waals surface area (Å²) >= 11 is 0. The van der Waals surface area contributed by atoms with Crippen molar-refractivity contribution in [2.24, 2.45) is 5.92 Å². The number of carbonyl (C=O) groups is 1. The summed E-state index contributed by atoms with van der Waals surface area (Å²) < 4.78 is 0. The van der Waals surface area contributed by atoms with Crippen molar-refractivity contribution < 1.29 is 4.79 Å². The van der Waals surface area contributed by atoms with Gasteiger partial charge in [0.15, 0.2) is 0 Å². The Morgan fingerprint density at radius 2 is 2.06 bits per heavy atom. The van der Waals surface area contributed by atoms with Gasteiger partial charge in [0.05, 0.1) is 5.92 Å².